The zero-order valence-corrected chi connectivity index (χ0v) is 18.9. The number of carbonyl (C=O) groups excluding carboxylic acids is 3. The molecule has 1 unspecified atom stereocenters. The van der Waals surface area contributed by atoms with Gasteiger partial charge in [0, 0.05) is 49.2 Å². The molecule has 7 nitrogen and oxygen atoms in total. The number of rotatable bonds is 4. The summed E-state index contributed by atoms with van der Waals surface area (Å²) in [5.41, 5.74) is -2.42. The molecule has 0 radical (unpaired) electrons. The van der Waals surface area contributed by atoms with Gasteiger partial charge in [-0.3, -0.25) is 14.4 Å². The summed E-state index contributed by atoms with van der Waals surface area (Å²) in [4.78, 5) is 41.8. The third-order valence-corrected chi connectivity index (χ3v) is 6.94. The van der Waals surface area contributed by atoms with Gasteiger partial charge in [0.2, 0.25) is 11.5 Å². The highest BCUT2D eigenvalue weighted by atomic mass is 35.5. The van der Waals surface area contributed by atoms with E-state index in [1.54, 1.807) is 29.2 Å². The van der Waals surface area contributed by atoms with Crippen molar-refractivity contribution in [2.24, 2.45) is 5.41 Å². The number of anilines is 1. The van der Waals surface area contributed by atoms with E-state index in [0.29, 0.717) is 24.3 Å². The van der Waals surface area contributed by atoms with Crippen LogP contribution in [0.3, 0.4) is 0 Å². The summed E-state index contributed by atoms with van der Waals surface area (Å²) in [6.45, 7) is 2.18. The van der Waals surface area contributed by atoms with Crippen LogP contribution >= 0.6 is 11.6 Å². The zero-order valence-electron chi connectivity index (χ0n) is 18.2. The molecule has 1 spiro atoms. The van der Waals surface area contributed by atoms with E-state index in [1.165, 1.54) is 24.0 Å². The average molecular weight is 474 g/mol. The first-order valence-electron chi connectivity index (χ1n) is 10.7. The first-order valence-corrected chi connectivity index (χ1v) is 11.1. The quantitative estimate of drug-likeness (QED) is 0.668. The predicted octanol–water partition coefficient (Wildman–Crippen LogP) is 2.50. The maximum atomic E-state index is 13.7. The van der Waals surface area contributed by atoms with Crippen molar-refractivity contribution in [3.63, 3.8) is 0 Å². The lowest BCUT2D eigenvalue weighted by Gasteiger charge is -2.44. The summed E-state index contributed by atoms with van der Waals surface area (Å²) in [5, 5.41) is 14.5. The van der Waals surface area contributed by atoms with Gasteiger partial charge in [-0.1, -0.05) is 29.8 Å². The van der Waals surface area contributed by atoms with Crippen LogP contribution < -0.4 is 10.2 Å². The van der Waals surface area contributed by atoms with Crippen molar-refractivity contribution in [2.75, 3.05) is 24.5 Å². The molecule has 33 heavy (non-hydrogen) atoms. The van der Waals surface area contributed by atoms with Crippen LogP contribution in [0.1, 0.15) is 25.3 Å². The van der Waals surface area contributed by atoms with E-state index in [-0.39, 0.29) is 36.9 Å². The van der Waals surface area contributed by atoms with Crippen molar-refractivity contribution in [3.8, 4) is 0 Å². The number of benzene rings is 2. The molecule has 2 aromatic carbocycles. The third kappa shape index (κ3) is 4.09. The molecule has 9 heteroatoms. The first-order chi connectivity index (χ1) is 15.7. The van der Waals surface area contributed by atoms with Gasteiger partial charge >= 0.3 is 0 Å². The van der Waals surface area contributed by atoms with E-state index in [0.717, 1.165) is 6.07 Å². The zero-order chi connectivity index (χ0) is 23.8. The highest BCUT2D eigenvalue weighted by molar-refractivity contribution is 6.30. The summed E-state index contributed by atoms with van der Waals surface area (Å²) in [5.74, 6) is -2.20. The summed E-state index contributed by atoms with van der Waals surface area (Å²) in [6, 6.07) is 12.7. The molecule has 174 valence electrons. The molecule has 2 aliphatic rings. The third-order valence-electron chi connectivity index (χ3n) is 6.72. The second-order valence-corrected chi connectivity index (χ2v) is 9.12. The Bertz CT molecular complexity index is 1070. The van der Waals surface area contributed by atoms with Crippen LogP contribution in [0.25, 0.3) is 0 Å². The number of likely N-dealkylation sites (tertiary alicyclic amines) is 1. The minimum absolute atomic E-state index is 0.0925. The molecular formula is C24H25ClFN3O4. The number of nitrogens with zero attached hydrogens (tertiary/aromatic N) is 2. The number of piperidine rings is 1. The fourth-order valence-corrected chi connectivity index (χ4v) is 5.10. The van der Waals surface area contributed by atoms with Crippen molar-refractivity contribution in [1.29, 1.82) is 0 Å². The van der Waals surface area contributed by atoms with E-state index in [1.807, 2.05) is 6.07 Å². The Balaban J connectivity index is 1.64. The lowest BCUT2D eigenvalue weighted by molar-refractivity contribution is -0.165. The highest BCUT2D eigenvalue weighted by Crippen LogP contribution is 2.49. The van der Waals surface area contributed by atoms with Crippen molar-refractivity contribution in [3.05, 3.63) is 64.9 Å². The normalized spacial score (nSPS) is 22.0. The smallest absolute Gasteiger partial charge is 0.269 e. The number of carbonyl (C=O) groups is 3. The van der Waals surface area contributed by atoms with Crippen molar-refractivity contribution >= 4 is 35.0 Å². The van der Waals surface area contributed by atoms with Gasteiger partial charge in [0.15, 0.2) is 0 Å². The number of halogens is 2. The maximum absolute atomic E-state index is 13.7. The predicted molar refractivity (Wildman–Crippen MR) is 121 cm³/mol. The molecule has 2 aliphatic heterocycles. The Labute approximate surface area is 196 Å². The number of nitrogens with one attached hydrogen (secondary N) is 1. The van der Waals surface area contributed by atoms with Crippen LogP contribution in [0, 0.1) is 11.2 Å². The molecule has 0 saturated carbocycles. The molecule has 0 bridgehead atoms. The average Bonchev–Trinajstić information content (AvgIpc) is 3.00. The molecule has 1 atom stereocenters. The van der Waals surface area contributed by atoms with E-state index in [9.17, 15) is 23.9 Å². The molecule has 2 aromatic rings. The Kier molecular flexibility index (Phi) is 6.16. The fourth-order valence-electron chi connectivity index (χ4n) is 4.86. The SMILES string of the molecule is CC(=O)N1CCC2(CC1)CN(c1ccccc1)C(=O)C2(O)C(=O)NCc1cc(F)cc(Cl)c1. The van der Waals surface area contributed by atoms with Crippen LogP contribution in [0.4, 0.5) is 10.1 Å². The van der Waals surface area contributed by atoms with Crippen LogP contribution in [0.15, 0.2) is 48.5 Å². The minimum Gasteiger partial charge on any atom is -0.371 e. The van der Waals surface area contributed by atoms with Gasteiger partial charge in [-0.2, -0.15) is 0 Å². The molecule has 4 rings (SSSR count). The number of para-hydroxylation sites is 1. The van der Waals surface area contributed by atoms with Crippen molar-refractivity contribution in [2.45, 2.75) is 31.9 Å². The number of amides is 3. The van der Waals surface area contributed by atoms with Crippen LogP contribution in [-0.4, -0.2) is 53.0 Å². The van der Waals surface area contributed by atoms with Gasteiger partial charge < -0.3 is 20.2 Å². The van der Waals surface area contributed by atoms with E-state index < -0.39 is 28.6 Å². The van der Waals surface area contributed by atoms with Crippen LogP contribution in [0.2, 0.25) is 5.02 Å². The fraction of sp³-hybridized carbons (Fsp3) is 0.375. The van der Waals surface area contributed by atoms with Gasteiger partial charge in [-0.15, -0.1) is 0 Å². The largest absolute Gasteiger partial charge is 0.371 e. The minimum atomic E-state index is -2.33. The molecule has 2 heterocycles. The second kappa shape index (κ2) is 8.76. The molecule has 2 saturated heterocycles. The molecule has 2 N–H and O–H groups in total. The van der Waals surface area contributed by atoms with Gasteiger partial charge in [0.05, 0.1) is 0 Å². The van der Waals surface area contributed by atoms with E-state index in [2.05, 4.69) is 5.32 Å². The first kappa shape index (κ1) is 23.2. The summed E-state index contributed by atoms with van der Waals surface area (Å²) >= 11 is 5.89. The van der Waals surface area contributed by atoms with Crippen LogP contribution in [0.5, 0.6) is 0 Å². The monoisotopic (exact) mass is 473 g/mol. The van der Waals surface area contributed by atoms with Gasteiger partial charge in [0.25, 0.3) is 11.8 Å². The Morgan fingerprint density at radius 2 is 1.82 bits per heavy atom. The molecular weight excluding hydrogens is 449 g/mol. The topological polar surface area (TPSA) is 90.0 Å². The van der Waals surface area contributed by atoms with Gasteiger partial charge in [0.1, 0.15) is 5.82 Å². The lowest BCUT2D eigenvalue weighted by atomic mass is 9.67. The van der Waals surface area contributed by atoms with E-state index in [4.69, 9.17) is 11.6 Å². The molecule has 0 aliphatic carbocycles. The Morgan fingerprint density at radius 3 is 2.42 bits per heavy atom. The summed E-state index contributed by atoms with van der Waals surface area (Å²) < 4.78 is 13.7. The summed E-state index contributed by atoms with van der Waals surface area (Å²) in [6.07, 6.45) is 0.578. The molecule has 2 fully saturated rings. The van der Waals surface area contributed by atoms with Crippen molar-refractivity contribution in [1.82, 2.24) is 10.2 Å². The van der Waals surface area contributed by atoms with E-state index >= 15 is 0 Å². The standard InChI is InChI=1S/C24H25ClFN3O4/c1-16(30)28-9-7-23(8-10-28)15-29(20-5-3-2-4-6-20)22(32)24(23,33)21(31)27-14-17-11-18(25)13-19(26)12-17/h2-6,11-13,33H,7-10,14-15H2,1H3,(H,27,31). The van der Waals surface area contributed by atoms with Crippen molar-refractivity contribution < 1.29 is 23.9 Å². The molecule has 0 aromatic heterocycles. The number of hydrogen-bond donors (Lipinski definition) is 2. The molecule has 3 amide bonds. The van der Waals surface area contributed by atoms with Gasteiger partial charge in [-0.25, -0.2) is 4.39 Å². The number of hydrogen-bond acceptors (Lipinski definition) is 4. The lowest BCUT2D eigenvalue weighted by Crippen LogP contribution is -2.63. The second-order valence-electron chi connectivity index (χ2n) is 8.68. The summed E-state index contributed by atoms with van der Waals surface area (Å²) in [7, 11) is 0. The highest BCUT2D eigenvalue weighted by Gasteiger charge is 2.68. The van der Waals surface area contributed by atoms with Gasteiger partial charge in [-0.05, 0) is 48.7 Å². The Morgan fingerprint density at radius 1 is 1.15 bits per heavy atom. The Hall–Kier alpha value is -2.97. The number of aliphatic hydroxyl groups is 1. The maximum Gasteiger partial charge on any atom is 0.269 e. The van der Waals surface area contributed by atoms with Crippen LogP contribution in [-0.2, 0) is 20.9 Å².